The number of amides is 2. The molecule has 0 spiro atoms. The van der Waals surface area contributed by atoms with Gasteiger partial charge in [0.05, 0.1) is 24.7 Å². The normalized spacial score (nSPS) is 24.3. The van der Waals surface area contributed by atoms with Gasteiger partial charge in [-0.2, -0.15) is 13.2 Å². The number of ether oxygens (including phenoxy) is 1. The lowest BCUT2D eigenvalue weighted by Gasteiger charge is -2.42. The highest BCUT2D eigenvalue weighted by molar-refractivity contribution is 5.75. The standard InChI is InChI=1S/C20H25F3N2O4/c1-13(18(26)27)15-10-16(14-2-4-17(5-3-14)20(21,22)23)12-25(11-15)19(28)24-6-8-29-9-7-24/h2-5,13,15-16H,6-12H2,1H3,(H,26,27). The van der Waals surface area contributed by atoms with E-state index in [-0.39, 0.29) is 17.9 Å². The average molecular weight is 414 g/mol. The molecular formula is C20H25F3N2O4. The van der Waals surface area contributed by atoms with Gasteiger partial charge >= 0.3 is 18.2 Å². The minimum atomic E-state index is -4.41. The molecule has 3 unspecified atom stereocenters. The zero-order valence-corrected chi connectivity index (χ0v) is 16.2. The SMILES string of the molecule is CC(C(=O)O)C1CC(c2ccc(C(F)(F)F)cc2)CN(C(=O)N2CCOCC2)C1. The van der Waals surface area contributed by atoms with Crippen molar-refractivity contribution in [1.82, 2.24) is 9.80 Å². The van der Waals surface area contributed by atoms with Crippen LogP contribution in [0.15, 0.2) is 24.3 Å². The van der Waals surface area contributed by atoms with Crippen LogP contribution in [0.1, 0.15) is 30.4 Å². The Bertz CT molecular complexity index is 732. The van der Waals surface area contributed by atoms with Crippen LogP contribution in [0.5, 0.6) is 0 Å². The fourth-order valence-electron chi connectivity index (χ4n) is 4.00. The maximum absolute atomic E-state index is 13.0. The van der Waals surface area contributed by atoms with Gasteiger partial charge in [-0.15, -0.1) is 0 Å². The number of aliphatic carboxylic acids is 1. The Morgan fingerprint density at radius 2 is 1.72 bits per heavy atom. The van der Waals surface area contributed by atoms with Gasteiger partial charge in [-0.25, -0.2) is 4.79 Å². The number of benzene rings is 1. The number of halogens is 3. The second-order valence-corrected chi connectivity index (χ2v) is 7.73. The van der Waals surface area contributed by atoms with Gasteiger partial charge in [-0.05, 0) is 30.0 Å². The summed E-state index contributed by atoms with van der Waals surface area (Å²) in [5.41, 5.74) is -0.0474. The van der Waals surface area contributed by atoms with Crippen LogP contribution in [-0.4, -0.2) is 66.3 Å². The molecule has 1 N–H and O–H groups in total. The first-order valence-corrected chi connectivity index (χ1v) is 9.68. The summed E-state index contributed by atoms with van der Waals surface area (Å²) in [5, 5.41) is 9.44. The Kier molecular flexibility index (Phi) is 6.36. The van der Waals surface area contributed by atoms with Gasteiger partial charge in [0.1, 0.15) is 0 Å². The molecule has 2 aliphatic rings. The maximum atomic E-state index is 13.0. The number of carbonyl (C=O) groups excluding carboxylic acids is 1. The number of nitrogens with zero attached hydrogens (tertiary/aromatic N) is 2. The van der Waals surface area contributed by atoms with Crippen molar-refractivity contribution in [3.63, 3.8) is 0 Å². The maximum Gasteiger partial charge on any atom is 0.416 e. The average Bonchev–Trinajstić information content (AvgIpc) is 2.72. The van der Waals surface area contributed by atoms with Gasteiger partial charge in [0.15, 0.2) is 0 Å². The summed E-state index contributed by atoms with van der Waals surface area (Å²) in [7, 11) is 0. The lowest BCUT2D eigenvalue weighted by Crippen LogP contribution is -2.53. The van der Waals surface area contributed by atoms with Crippen molar-refractivity contribution in [1.29, 1.82) is 0 Å². The lowest BCUT2D eigenvalue weighted by atomic mass is 9.79. The predicted octanol–water partition coefficient (Wildman–Crippen LogP) is 3.28. The van der Waals surface area contributed by atoms with Crippen LogP contribution in [0.4, 0.5) is 18.0 Å². The molecule has 29 heavy (non-hydrogen) atoms. The molecule has 2 saturated heterocycles. The number of likely N-dealkylation sites (tertiary alicyclic amines) is 1. The molecule has 9 heteroatoms. The van der Waals surface area contributed by atoms with E-state index in [4.69, 9.17) is 4.74 Å². The number of carbonyl (C=O) groups is 2. The van der Waals surface area contributed by atoms with Crippen LogP contribution in [-0.2, 0) is 15.7 Å². The summed E-state index contributed by atoms with van der Waals surface area (Å²) in [6, 6.07) is 4.76. The molecule has 0 saturated carbocycles. The third-order valence-corrected chi connectivity index (χ3v) is 5.84. The molecule has 3 rings (SSSR count). The van der Waals surface area contributed by atoms with Gasteiger partial charge in [-0.1, -0.05) is 19.1 Å². The minimum Gasteiger partial charge on any atom is -0.481 e. The van der Waals surface area contributed by atoms with E-state index < -0.39 is 23.6 Å². The van der Waals surface area contributed by atoms with Crippen molar-refractivity contribution in [2.75, 3.05) is 39.4 Å². The van der Waals surface area contributed by atoms with Crippen molar-refractivity contribution in [3.05, 3.63) is 35.4 Å². The molecule has 2 amide bonds. The zero-order chi connectivity index (χ0) is 21.2. The third-order valence-electron chi connectivity index (χ3n) is 5.84. The summed E-state index contributed by atoms with van der Waals surface area (Å²) in [6.45, 7) is 4.14. The molecule has 160 valence electrons. The molecule has 0 aromatic heterocycles. The first-order valence-electron chi connectivity index (χ1n) is 9.68. The van der Waals surface area contributed by atoms with E-state index in [0.717, 1.165) is 12.1 Å². The highest BCUT2D eigenvalue weighted by atomic mass is 19.4. The van der Waals surface area contributed by atoms with Crippen LogP contribution in [0.3, 0.4) is 0 Å². The molecule has 2 heterocycles. The summed E-state index contributed by atoms with van der Waals surface area (Å²) >= 11 is 0. The Morgan fingerprint density at radius 1 is 1.10 bits per heavy atom. The number of morpholine rings is 1. The molecule has 0 radical (unpaired) electrons. The van der Waals surface area contributed by atoms with Crippen LogP contribution in [0.2, 0.25) is 0 Å². The van der Waals surface area contributed by atoms with Crippen molar-refractivity contribution in [3.8, 4) is 0 Å². The van der Waals surface area contributed by atoms with Crippen molar-refractivity contribution < 1.29 is 32.6 Å². The highest BCUT2D eigenvalue weighted by Crippen LogP contribution is 2.36. The minimum absolute atomic E-state index is 0.174. The van der Waals surface area contributed by atoms with Gasteiger partial charge in [-0.3, -0.25) is 4.79 Å². The van der Waals surface area contributed by atoms with Gasteiger partial charge in [0, 0.05) is 32.1 Å². The number of carboxylic acids is 1. The first kappa shape index (κ1) is 21.4. The van der Waals surface area contributed by atoms with E-state index in [1.54, 1.807) is 16.7 Å². The number of hydrogen-bond acceptors (Lipinski definition) is 3. The number of rotatable bonds is 3. The molecule has 1 aromatic rings. The summed E-state index contributed by atoms with van der Waals surface area (Å²) in [6.07, 6.45) is -3.91. The second-order valence-electron chi connectivity index (χ2n) is 7.73. The van der Waals surface area contributed by atoms with Crippen molar-refractivity contribution in [2.24, 2.45) is 11.8 Å². The van der Waals surface area contributed by atoms with E-state index in [1.165, 1.54) is 12.1 Å². The van der Waals surface area contributed by atoms with E-state index >= 15 is 0 Å². The number of carboxylic acid groups (broad SMARTS) is 1. The Morgan fingerprint density at radius 3 is 2.28 bits per heavy atom. The van der Waals surface area contributed by atoms with Crippen molar-refractivity contribution in [2.45, 2.75) is 25.4 Å². The number of piperidine rings is 1. The van der Waals surface area contributed by atoms with Crippen LogP contribution in [0, 0.1) is 11.8 Å². The smallest absolute Gasteiger partial charge is 0.416 e. The Labute approximate surface area is 167 Å². The summed E-state index contributed by atoms with van der Waals surface area (Å²) in [4.78, 5) is 27.8. The molecule has 1 aromatic carbocycles. The topological polar surface area (TPSA) is 70.1 Å². The zero-order valence-electron chi connectivity index (χ0n) is 16.2. The fourth-order valence-corrected chi connectivity index (χ4v) is 4.00. The van der Waals surface area contributed by atoms with Gasteiger partial charge in [0.25, 0.3) is 0 Å². The van der Waals surface area contributed by atoms with Crippen LogP contribution < -0.4 is 0 Å². The summed E-state index contributed by atoms with van der Waals surface area (Å²) < 4.78 is 43.9. The highest BCUT2D eigenvalue weighted by Gasteiger charge is 2.38. The molecule has 6 nitrogen and oxygen atoms in total. The molecule has 3 atom stereocenters. The predicted molar refractivity (Wildman–Crippen MR) is 98.5 cm³/mol. The molecule has 0 bridgehead atoms. The van der Waals surface area contributed by atoms with Gasteiger partial charge in [0.2, 0.25) is 0 Å². The molecule has 0 aliphatic carbocycles. The fraction of sp³-hybridized carbons (Fsp3) is 0.600. The van der Waals surface area contributed by atoms with Gasteiger partial charge < -0.3 is 19.6 Å². The van der Waals surface area contributed by atoms with Crippen molar-refractivity contribution >= 4 is 12.0 Å². The summed E-state index contributed by atoms with van der Waals surface area (Å²) in [5.74, 6) is -2.10. The van der Waals surface area contributed by atoms with E-state index in [1.807, 2.05) is 0 Å². The monoisotopic (exact) mass is 414 g/mol. The quantitative estimate of drug-likeness (QED) is 0.824. The second kappa shape index (κ2) is 8.61. The van der Waals surface area contributed by atoms with Crippen LogP contribution >= 0.6 is 0 Å². The molecule has 2 fully saturated rings. The lowest BCUT2D eigenvalue weighted by molar-refractivity contribution is -0.143. The number of hydrogen-bond donors (Lipinski definition) is 1. The third kappa shape index (κ3) is 5.01. The molecule has 2 aliphatic heterocycles. The van der Waals surface area contributed by atoms with Crippen LogP contribution in [0.25, 0.3) is 0 Å². The van der Waals surface area contributed by atoms with E-state index in [9.17, 15) is 27.9 Å². The Hall–Kier alpha value is -2.29. The first-order chi connectivity index (χ1) is 13.7. The van der Waals surface area contributed by atoms with E-state index in [2.05, 4.69) is 0 Å². The number of urea groups is 1. The molecular weight excluding hydrogens is 389 g/mol. The Balaban J connectivity index is 1.81. The van der Waals surface area contributed by atoms with E-state index in [0.29, 0.717) is 51.4 Å². The largest absolute Gasteiger partial charge is 0.481 e. The number of alkyl halides is 3.